The second-order valence-corrected chi connectivity index (χ2v) is 8.59. The lowest BCUT2D eigenvalue weighted by Gasteiger charge is -2.24. The van der Waals surface area contributed by atoms with Gasteiger partial charge < -0.3 is 9.88 Å². The third-order valence-corrected chi connectivity index (χ3v) is 6.42. The molecule has 1 aliphatic heterocycles. The molecule has 3 heterocycles. The van der Waals surface area contributed by atoms with Crippen LogP contribution in [-0.2, 0) is 17.6 Å². The number of rotatable bonds is 5. The number of fused-ring (bicyclic) bond motifs is 1. The van der Waals surface area contributed by atoms with E-state index in [1.54, 1.807) is 6.07 Å². The Morgan fingerprint density at radius 1 is 1.12 bits per heavy atom. The third-order valence-electron chi connectivity index (χ3n) is 6.42. The van der Waals surface area contributed by atoms with Crippen molar-refractivity contribution in [1.82, 2.24) is 14.9 Å². The number of benzene rings is 2. The van der Waals surface area contributed by atoms with Crippen molar-refractivity contribution in [2.24, 2.45) is 0 Å². The van der Waals surface area contributed by atoms with Crippen LogP contribution in [0.1, 0.15) is 47.0 Å². The number of nitrogens with zero attached hydrogens (tertiary/aromatic N) is 2. The van der Waals surface area contributed by atoms with Gasteiger partial charge in [0.25, 0.3) is 0 Å². The Morgan fingerprint density at radius 3 is 2.75 bits per heavy atom. The fourth-order valence-electron chi connectivity index (χ4n) is 4.78. The first-order chi connectivity index (χ1) is 15.6. The van der Waals surface area contributed by atoms with Crippen LogP contribution in [-0.4, -0.2) is 27.3 Å². The molecule has 0 aliphatic carbocycles. The number of amides is 1. The van der Waals surface area contributed by atoms with E-state index in [4.69, 9.17) is 4.98 Å². The lowest BCUT2D eigenvalue weighted by atomic mass is 10.0. The van der Waals surface area contributed by atoms with Gasteiger partial charge in [-0.2, -0.15) is 0 Å². The van der Waals surface area contributed by atoms with Crippen molar-refractivity contribution in [3.05, 3.63) is 101 Å². The highest BCUT2D eigenvalue weighted by atomic mass is 19.1. The van der Waals surface area contributed by atoms with Crippen LogP contribution >= 0.6 is 0 Å². The van der Waals surface area contributed by atoms with Crippen LogP contribution in [0.15, 0.2) is 66.9 Å². The van der Waals surface area contributed by atoms with Gasteiger partial charge in [-0.1, -0.05) is 36.4 Å². The number of carbonyl (C=O) groups excluding carboxylic acids is 1. The number of aryl methyl sites for hydroxylation is 1. The second kappa shape index (κ2) is 8.58. The van der Waals surface area contributed by atoms with Gasteiger partial charge in [-0.05, 0) is 67.1 Å². The average Bonchev–Trinajstić information content (AvgIpc) is 3.40. The first kappa shape index (κ1) is 20.4. The van der Waals surface area contributed by atoms with Crippen LogP contribution < -0.4 is 0 Å². The summed E-state index contributed by atoms with van der Waals surface area (Å²) in [5.41, 5.74) is 6.01. The van der Waals surface area contributed by atoms with Crippen molar-refractivity contribution in [1.29, 1.82) is 0 Å². The van der Waals surface area contributed by atoms with Gasteiger partial charge >= 0.3 is 0 Å². The molecule has 162 valence electrons. The summed E-state index contributed by atoms with van der Waals surface area (Å²) in [6, 6.07) is 19.2. The Morgan fingerprint density at radius 2 is 1.97 bits per heavy atom. The standard InChI is InChI=1S/C27H26FN3O/c1-18-22(23-15-21(28)10-12-24(23)30-18)16-27(32)31-13-5-8-26(31)25-11-9-20(17-29-25)14-19-6-3-2-4-7-19/h2-4,6-7,9-12,15,17,26,30H,5,8,13-14,16H2,1H3. The Labute approximate surface area is 187 Å². The quantitative estimate of drug-likeness (QED) is 0.457. The summed E-state index contributed by atoms with van der Waals surface area (Å²) in [6.07, 6.45) is 4.91. The van der Waals surface area contributed by atoms with Gasteiger partial charge in [0.05, 0.1) is 18.2 Å². The molecule has 0 bridgehead atoms. The molecule has 1 saturated heterocycles. The Hall–Kier alpha value is -3.47. The van der Waals surface area contributed by atoms with E-state index in [1.165, 1.54) is 17.7 Å². The molecule has 4 aromatic rings. The number of nitrogens with one attached hydrogen (secondary N) is 1. The molecule has 0 spiro atoms. The van der Waals surface area contributed by atoms with E-state index in [2.05, 4.69) is 29.2 Å². The molecular formula is C27H26FN3O. The summed E-state index contributed by atoms with van der Waals surface area (Å²) in [4.78, 5) is 23.2. The van der Waals surface area contributed by atoms with Crippen molar-refractivity contribution in [2.45, 2.75) is 38.6 Å². The maximum Gasteiger partial charge on any atom is 0.227 e. The summed E-state index contributed by atoms with van der Waals surface area (Å²) in [5.74, 6) is -0.222. The van der Waals surface area contributed by atoms with E-state index in [0.29, 0.717) is 0 Å². The van der Waals surface area contributed by atoms with Crippen LogP contribution in [0.2, 0.25) is 0 Å². The predicted molar refractivity (Wildman–Crippen MR) is 124 cm³/mol. The number of H-pyrrole nitrogens is 1. The number of hydrogen-bond donors (Lipinski definition) is 1. The minimum Gasteiger partial charge on any atom is -0.358 e. The van der Waals surface area contributed by atoms with Crippen molar-refractivity contribution >= 4 is 16.8 Å². The summed E-state index contributed by atoms with van der Waals surface area (Å²) in [5, 5.41) is 0.787. The molecule has 2 aromatic carbocycles. The number of pyridine rings is 1. The van der Waals surface area contributed by atoms with Crippen molar-refractivity contribution in [3.63, 3.8) is 0 Å². The topological polar surface area (TPSA) is 49.0 Å². The van der Waals surface area contributed by atoms with Gasteiger partial charge in [0.2, 0.25) is 5.91 Å². The van der Waals surface area contributed by atoms with Crippen LogP contribution in [0.4, 0.5) is 4.39 Å². The maximum atomic E-state index is 13.8. The largest absolute Gasteiger partial charge is 0.358 e. The number of halogens is 1. The Balaban J connectivity index is 1.33. The zero-order valence-electron chi connectivity index (χ0n) is 18.1. The molecule has 1 unspecified atom stereocenters. The van der Waals surface area contributed by atoms with Gasteiger partial charge in [0, 0.05) is 29.3 Å². The fourth-order valence-corrected chi connectivity index (χ4v) is 4.78. The molecule has 1 atom stereocenters. The van der Waals surface area contributed by atoms with Crippen LogP contribution in [0.5, 0.6) is 0 Å². The molecule has 0 radical (unpaired) electrons. The highest BCUT2D eigenvalue weighted by molar-refractivity contribution is 5.90. The van der Waals surface area contributed by atoms with Gasteiger partial charge in [-0.3, -0.25) is 9.78 Å². The highest BCUT2D eigenvalue weighted by Crippen LogP contribution is 2.32. The highest BCUT2D eigenvalue weighted by Gasteiger charge is 2.31. The van der Waals surface area contributed by atoms with Gasteiger partial charge in [0.15, 0.2) is 0 Å². The van der Waals surface area contributed by atoms with Crippen molar-refractivity contribution < 1.29 is 9.18 Å². The van der Waals surface area contributed by atoms with Crippen LogP contribution in [0.3, 0.4) is 0 Å². The average molecular weight is 428 g/mol. The van der Waals surface area contributed by atoms with E-state index < -0.39 is 0 Å². The summed E-state index contributed by atoms with van der Waals surface area (Å²) >= 11 is 0. The number of aromatic nitrogens is 2. The number of aromatic amines is 1. The summed E-state index contributed by atoms with van der Waals surface area (Å²) in [7, 11) is 0. The lowest BCUT2D eigenvalue weighted by Crippen LogP contribution is -2.32. The summed E-state index contributed by atoms with van der Waals surface area (Å²) < 4.78 is 13.8. The molecular weight excluding hydrogens is 401 g/mol. The summed E-state index contributed by atoms with van der Waals surface area (Å²) in [6.45, 7) is 2.67. The molecule has 1 fully saturated rings. The molecule has 5 heteroatoms. The molecule has 1 N–H and O–H groups in total. The minimum absolute atomic E-state index is 0.00414. The normalized spacial score (nSPS) is 16.1. The lowest BCUT2D eigenvalue weighted by molar-refractivity contribution is -0.131. The van der Waals surface area contributed by atoms with Crippen LogP contribution in [0.25, 0.3) is 10.9 Å². The van der Waals surface area contributed by atoms with Gasteiger partial charge in [-0.25, -0.2) is 4.39 Å². The maximum absolute atomic E-state index is 13.8. The molecule has 1 amide bonds. The zero-order chi connectivity index (χ0) is 22.1. The fraction of sp³-hybridized carbons (Fsp3) is 0.259. The molecule has 32 heavy (non-hydrogen) atoms. The Bertz CT molecular complexity index is 1250. The third kappa shape index (κ3) is 4.03. The molecule has 2 aromatic heterocycles. The SMILES string of the molecule is Cc1[nH]c2ccc(F)cc2c1CC(=O)N1CCCC1c1ccc(Cc2ccccc2)cn1. The first-order valence-electron chi connectivity index (χ1n) is 11.1. The molecule has 5 rings (SSSR count). The van der Waals surface area contributed by atoms with Crippen molar-refractivity contribution in [3.8, 4) is 0 Å². The zero-order valence-corrected chi connectivity index (χ0v) is 18.1. The van der Waals surface area contributed by atoms with Gasteiger partial charge in [-0.15, -0.1) is 0 Å². The first-order valence-corrected chi connectivity index (χ1v) is 11.1. The van der Waals surface area contributed by atoms with E-state index in [1.807, 2.05) is 36.2 Å². The molecule has 4 nitrogen and oxygen atoms in total. The van der Waals surface area contributed by atoms with E-state index >= 15 is 0 Å². The smallest absolute Gasteiger partial charge is 0.227 e. The number of carbonyl (C=O) groups is 1. The van der Waals surface area contributed by atoms with E-state index in [9.17, 15) is 9.18 Å². The van der Waals surface area contributed by atoms with Crippen molar-refractivity contribution in [2.75, 3.05) is 6.54 Å². The van der Waals surface area contributed by atoms with E-state index in [-0.39, 0.29) is 24.2 Å². The predicted octanol–water partition coefficient (Wildman–Crippen LogP) is 5.51. The van der Waals surface area contributed by atoms with Gasteiger partial charge in [0.1, 0.15) is 5.82 Å². The number of hydrogen-bond acceptors (Lipinski definition) is 2. The van der Waals surface area contributed by atoms with E-state index in [0.717, 1.165) is 59.2 Å². The molecule has 0 saturated carbocycles. The molecule has 1 aliphatic rings. The van der Waals surface area contributed by atoms with Crippen LogP contribution in [0, 0.1) is 12.7 Å². The second-order valence-electron chi connectivity index (χ2n) is 8.59. The minimum atomic E-state index is -0.288. The monoisotopic (exact) mass is 427 g/mol. The Kier molecular flexibility index (Phi) is 5.48. The number of likely N-dealkylation sites (tertiary alicyclic amines) is 1.